The number of rotatable bonds is 11. The lowest BCUT2D eigenvalue weighted by Crippen LogP contribution is -2.51. The summed E-state index contributed by atoms with van der Waals surface area (Å²) in [5.41, 5.74) is 1.66. The van der Waals surface area contributed by atoms with Gasteiger partial charge in [0.1, 0.15) is 17.6 Å². The summed E-state index contributed by atoms with van der Waals surface area (Å²) in [4.78, 5) is 28.1. The van der Waals surface area contributed by atoms with E-state index >= 15 is 0 Å². The van der Waals surface area contributed by atoms with Crippen molar-refractivity contribution in [3.05, 3.63) is 100 Å². The molecular formula is C27H28BrFN2O3. The minimum Gasteiger partial charge on any atom is -0.484 e. The Bertz CT molecular complexity index is 1060. The standard InChI is InChI=1S/C27H28BrFN2O3/c1-2-16-30-27(33)25(17-20-6-4-3-5-7-20)31(18-21-8-12-23(29)13-9-21)26(32)19-34-24-14-10-22(28)11-15-24/h3-15,25H,2,16-19H2,1H3,(H,30,33). The summed E-state index contributed by atoms with van der Waals surface area (Å²) in [5, 5.41) is 2.92. The van der Waals surface area contributed by atoms with Crippen molar-refractivity contribution in [1.29, 1.82) is 0 Å². The van der Waals surface area contributed by atoms with E-state index in [0.717, 1.165) is 22.0 Å². The molecule has 0 bridgehead atoms. The Morgan fingerprint density at radius 1 is 0.971 bits per heavy atom. The summed E-state index contributed by atoms with van der Waals surface area (Å²) in [6.07, 6.45) is 1.13. The number of hydrogen-bond donors (Lipinski definition) is 1. The number of carbonyl (C=O) groups is 2. The summed E-state index contributed by atoms with van der Waals surface area (Å²) in [7, 11) is 0. The highest BCUT2D eigenvalue weighted by atomic mass is 79.9. The third-order valence-corrected chi connectivity index (χ3v) is 5.79. The fraction of sp³-hybridized carbons (Fsp3) is 0.259. The zero-order chi connectivity index (χ0) is 24.3. The number of amides is 2. The number of nitrogens with one attached hydrogen (secondary N) is 1. The SMILES string of the molecule is CCCNC(=O)C(Cc1ccccc1)N(Cc1ccc(F)cc1)C(=O)COc1ccc(Br)cc1. The van der Waals surface area contributed by atoms with Gasteiger partial charge >= 0.3 is 0 Å². The molecule has 5 nitrogen and oxygen atoms in total. The summed E-state index contributed by atoms with van der Waals surface area (Å²) in [6, 6.07) is 21.9. The monoisotopic (exact) mass is 526 g/mol. The maximum Gasteiger partial charge on any atom is 0.261 e. The smallest absolute Gasteiger partial charge is 0.261 e. The fourth-order valence-corrected chi connectivity index (χ4v) is 3.73. The van der Waals surface area contributed by atoms with E-state index in [1.807, 2.05) is 49.4 Å². The molecule has 2 amide bonds. The predicted molar refractivity (Wildman–Crippen MR) is 134 cm³/mol. The summed E-state index contributed by atoms with van der Waals surface area (Å²) >= 11 is 3.38. The molecule has 34 heavy (non-hydrogen) atoms. The molecule has 0 spiro atoms. The van der Waals surface area contributed by atoms with Gasteiger partial charge in [0.25, 0.3) is 5.91 Å². The van der Waals surface area contributed by atoms with Crippen LogP contribution in [0.5, 0.6) is 5.75 Å². The first-order valence-electron chi connectivity index (χ1n) is 11.2. The molecule has 0 fully saturated rings. The maximum atomic E-state index is 13.5. The Labute approximate surface area is 208 Å². The van der Waals surface area contributed by atoms with Crippen LogP contribution in [0, 0.1) is 5.82 Å². The Morgan fingerprint density at radius 3 is 2.29 bits per heavy atom. The van der Waals surface area contributed by atoms with Crippen LogP contribution in [0.3, 0.4) is 0 Å². The molecule has 1 atom stereocenters. The molecule has 178 valence electrons. The van der Waals surface area contributed by atoms with Gasteiger partial charge in [-0.05, 0) is 53.9 Å². The van der Waals surface area contributed by atoms with Gasteiger partial charge in [0.2, 0.25) is 5.91 Å². The highest BCUT2D eigenvalue weighted by Gasteiger charge is 2.30. The van der Waals surface area contributed by atoms with Crippen LogP contribution in [0.25, 0.3) is 0 Å². The van der Waals surface area contributed by atoms with E-state index in [-0.39, 0.29) is 30.8 Å². The van der Waals surface area contributed by atoms with Crippen LogP contribution in [0.1, 0.15) is 24.5 Å². The first kappa shape index (κ1) is 25.4. The van der Waals surface area contributed by atoms with E-state index in [0.29, 0.717) is 18.7 Å². The highest BCUT2D eigenvalue weighted by Crippen LogP contribution is 2.18. The van der Waals surface area contributed by atoms with Crippen molar-refractivity contribution in [2.45, 2.75) is 32.4 Å². The third-order valence-electron chi connectivity index (χ3n) is 5.26. The molecule has 0 aliphatic carbocycles. The van der Waals surface area contributed by atoms with Crippen molar-refractivity contribution in [2.75, 3.05) is 13.2 Å². The first-order chi connectivity index (χ1) is 16.5. The van der Waals surface area contributed by atoms with Gasteiger partial charge in [-0.15, -0.1) is 0 Å². The molecule has 3 aromatic rings. The lowest BCUT2D eigenvalue weighted by Gasteiger charge is -2.31. The molecule has 0 saturated heterocycles. The number of carbonyl (C=O) groups excluding carboxylic acids is 2. The first-order valence-corrected chi connectivity index (χ1v) is 12.0. The molecule has 0 saturated carbocycles. The van der Waals surface area contributed by atoms with Gasteiger partial charge in [0.05, 0.1) is 0 Å². The van der Waals surface area contributed by atoms with E-state index in [4.69, 9.17) is 4.74 Å². The zero-order valence-corrected chi connectivity index (χ0v) is 20.6. The minimum atomic E-state index is -0.750. The molecule has 3 rings (SSSR count). The lowest BCUT2D eigenvalue weighted by molar-refractivity contribution is -0.142. The molecule has 7 heteroatoms. The van der Waals surface area contributed by atoms with Gasteiger partial charge in [-0.3, -0.25) is 9.59 Å². The molecule has 0 radical (unpaired) electrons. The molecule has 1 unspecified atom stereocenters. The van der Waals surface area contributed by atoms with Crippen molar-refractivity contribution in [1.82, 2.24) is 10.2 Å². The van der Waals surface area contributed by atoms with Crippen LogP contribution in [-0.4, -0.2) is 35.9 Å². The second-order valence-corrected chi connectivity index (χ2v) is 8.80. The van der Waals surface area contributed by atoms with Crippen molar-refractivity contribution in [3.8, 4) is 5.75 Å². The molecule has 3 aromatic carbocycles. The van der Waals surface area contributed by atoms with E-state index in [1.165, 1.54) is 17.0 Å². The molecule has 0 aliphatic heterocycles. The van der Waals surface area contributed by atoms with E-state index in [1.54, 1.807) is 24.3 Å². The number of hydrogen-bond acceptors (Lipinski definition) is 3. The van der Waals surface area contributed by atoms with E-state index < -0.39 is 6.04 Å². The lowest BCUT2D eigenvalue weighted by atomic mass is 10.0. The zero-order valence-electron chi connectivity index (χ0n) is 19.0. The third kappa shape index (κ3) is 7.70. The van der Waals surface area contributed by atoms with Crippen LogP contribution in [0.2, 0.25) is 0 Å². The van der Waals surface area contributed by atoms with Crippen molar-refractivity contribution in [2.24, 2.45) is 0 Å². The van der Waals surface area contributed by atoms with Crippen LogP contribution in [-0.2, 0) is 22.6 Å². The number of ether oxygens (including phenoxy) is 1. The Hall–Kier alpha value is -3.19. The Balaban J connectivity index is 1.87. The average Bonchev–Trinajstić information content (AvgIpc) is 2.86. The number of nitrogens with zero attached hydrogens (tertiary/aromatic N) is 1. The van der Waals surface area contributed by atoms with Crippen molar-refractivity contribution < 1.29 is 18.7 Å². The second-order valence-electron chi connectivity index (χ2n) is 7.89. The maximum absolute atomic E-state index is 13.5. The summed E-state index contributed by atoms with van der Waals surface area (Å²) < 4.78 is 20.1. The largest absolute Gasteiger partial charge is 0.484 e. The van der Waals surface area contributed by atoms with Crippen molar-refractivity contribution >= 4 is 27.7 Å². The molecule has 0 aromatic heterocycles. The van der Waals surface area contributed by atoms with Gasteiger partial charge in [0, 0.05) is 24.0 Å². The minimum absolute atomic E-state index is 0.153. The summed E-state index contributed by atoms with van der Waals surface area (Å²) in [5.74, 6) is -0.375. The molecule has 0 heterocycles. The van der Waals surface area contributed by atoms with Gasteiger partial charge in [-0.25, -0.2) is 4.39 Å². The van der Waals surface area contributed by atoms with Gasteiger partial charge in [-0.1, -0.05) is 65.3 Å². The van der Waals surface area contributed by atoms with Crippen LogP contribution < -0.4 is 10.1 Å². The predicted octanol–water partition coefficient (Wildman–Crippen LogP) is 5.13. The van der Waals surface area contributed by atoms with E-state index in [9.17, 15) is 14.0 Å². The van der Waals surface area contributed by atoms with Crippen LogP contribution in [0.4, 0.5) is 4.39 Å². The van der Waals surface area contributed by atoms with E-state index in [2.05, 4.69) is 21.2 Å². The van der Waals surface area contributed by atoms with Crippen LogP contribution >= 0.6 is 15.9 Å². The quantitative estimate of drug-likeness (QED) is 0.376. The second kappa shape index (κ2) is 12.9. The highest BCUT2D eigenvalue weighted by molar-refractivity contribution is 9.10. The topological polar surface area (TPSA) is 58.6 Å². The van der Waals surface area contributed by atoms with Gasteiger partial charge < -0.3 is 15.0 Å². The number of benzene rings is 3. The molecule has 1 N–H and O–H groups in total. The van der Waals surface area contributed by atoms with Crippen LogP contribution in [0.15, 0.2) is 83.3 Å². The Kier molecular flexibility index (Phi) is 9.64. The van der Waals surface area contributed by atoms with Gasteiger partial charge in [0.15, 0.2) is 6.61 Å². The summed E-state index contributed by atoms with van der Waals surface area (Å²) in [6.45, 7) is 2.41. The van der Waals surface area contributed by atoms with Crippen molar-refractivity contribution in [3.63, 3.8) is 0 Å². The van der Waals surface area contributed by atoms with Gasteiger partial charge in [-0.2, -0.15) is 0 Å². The number of halogens is 2. The fourth-order valence-electron chi connectivity index (χ4n) is 3.47. The molecular weight excluding hydrogens is 499 g/mol. The normalized spacial score (nSPS) is 11.5. The average molecular weight is 527 g/mol. The molecule has 0 aliphatic rings. The Morgan fingerprint density at radius 2 is 1.65 bits per heavy atom.